The van der Waals surface area contributed by atoms with E-state index in [1.807, 2.05) is 6.92 Å². The Kier molecular flexibility index (Phi) is 3.97. The Morgan fingerprint density at radius 3 is 2.67 bits per heavy atom. The summed E-state index contributed by atoms with van der Waals surface area (Å²) in [5, 5.41) is 0. The van der Waals surface area contributed by atoms with E-state index in [-0.39, 0.29) is 0 Å². The molecule has 0 atom stereocenters. The Balaban J connectivity index is 2.60. The molecule has 0 fully saturated rings. The summed E-state index contributed by atoms with van der Waals surface area (Å²) in [6.07, 6.45) is 0.929. The summed E-state index contributed by atoms with van der Waals surface area (Å²) >= 11 is 8.85. The van der Waals surface area contributed by atoms with Crippen LogP contribution in [-0.2, 0) is 6.42 Å². The van der Waals surface area contributed by atoms with Gasteiger partial charge in [0.1, 0.15) is 10.5 Å². The van der Waals surface area contributed by atoms with E-state index < -0.39 is 0 Å². The molecule has 2 aromatic rings. The Bertz CT molecular complexity index is 647. The van der Waals surface area contributed by atoms with Gasteiger partial charge in [-0.2, -0.15) is 0 Å². The van der Waals surface area contributed by atoms with Crippen LogP contribution in [0.4, 0.5) is 0 Å². The number of hydrogen-bond donors (Lipinski definition) is 1. The molecule has 0 saturated carbocycles. The maximum Gasteiger partial charge on any atom is 0.139 e. The second-order valence-electron chi connectivity index (χ2n) is 4.31. The Labute approximate surface area is 121 Å². The highest BCUT2D eigenvalue weighted by Gasteiger charge is 2.06. The van der Waals surface area contributed by atoms with E-state index >= 15 is 0 Å². The van der Waals surface area contributed by atoms with Crippen LogP contribution >= 0.6 is 28.1 Å². The van der Waals surface area contributed by atoms with Crippen LogP contribution < -0.4 is 0 Å². The molecule has 0 aliphatic carbocycles. The van der Waals surface area contributed by atoms with Gasteiger partial charge in [0.25, 0.3) is 0 Å². The van der Waals surface area contributed by atoms with Crippen molar-refractivity contribution in [3.05, 3.63) is 44.1 Å². The molecule has 1 aromatic heterocycles. The lowest BCUT2D eigenvalue weighted by Crippen LogP contribution is -1.99. The number of rotatable bonds is 2. The number of aromatic nitrogens is 2. The first kappa shape index (κ1) is 13.4. The van der Waals surface area contributed by atoms with Crippen molar-refractivity contribution in [3.63, 3.8) is 0 Å². The maximum absolute atomic E-state index is 5.31. The van der Waals surface area contributed by atoms with Gasteiger partial charge < -0.3 is 4.98 Å². The standard InChI is InChI=1S/C14H15BrN2S/c1-4-12-9(3)14(18)17-13(16-12)10-6-5-8(2)11(15)7-10/h5-7H,4H2,1-3H3,(H,16,17,18). The minimum Gasteiger partial charge on any atom is -0.343 e. The largest absolute Gasteiger partial charge is 0.343 e. The van der Waals surface area contributed by atoms with Crippen LogP contribution in [0.3, 0.4) is 0 Å². The van der Waals surface area contributed by atoms with Gasteiger partial charge in [0, 0.05) is 21.3 Å². The Morgan fingerprint density at radius 1 is 1.33 bits per heavy atom. The fourth-order valence-corrected chi connectivity index (χ4v) is 2.40. The third kappa shape index (κ3) is 2.54. The van der Waals surface area contributed by atoms with Crippen molar-refractivity contribution < 1.29 is 0 Å². The summed E-state index contributed by atoms with van der Waals surface area (Å²) in [6.45, 7) is 6.19. The quantitative estimate of drug-likeness (QED) is 0.808. The van der Waals surface area contributed by atoms with E-state index in [9.17, 15) is 0 Å². The van der Waals surface area contributed by atoms with Crippen molar-refractivity contribution in [3.8, 4) is 11.4 Å². The Morgan fingerprint density at radius 2 is 2.06 bits per heavy atom. The average Bonchev–Trinajstić information content (AvgIpc) is 2.36. The maximum atomic E-state index is 5.31. The number of halogens is 1. The van der Waals surface area contributed by atoms with Gasteiger partial charge in [0.05, 0.1) is 0 Å². The molecule has 94 valence electrons. The third-order valence-corrected chi connectivity index (χ3v) is 4.31. The van der Waals surface area contributed by atoms with E-state index in [4.69, 9.17) is 12.2 Å². The summed E-state index contributed by atoms with van der Waals surface area (Å²) in [5.41, 5.74) is 4.48. The highest BCUT2D eigenvalue weighted by atomic mass is 79.9. The van der Waals surface area contributed by atoms with Gasteiger partial charge in [-0.15, -0.1) is 0 Å². The smallest absolute Gasteiger partial charge is 0.139 e. The molecule has 1 heterocycles. The minimum atomic E-state index is 0.678. The molecule has 0 aliphatic heterocycles. The number of nitrogens with one attached hydrogen (secondary N) is 1. The van der Waals surface area contributed by atoms with E-state index in [1.54, 1.807) is 0 Å². The molecule has 18 heavy (non-hydrogen) atoms. The SMILES string of the molecule is CCc1[nH]c(-c2ccc(C)c(Br)c2)nc(=S)c1C. The number of aromatic amines is 1. The molecule has 1 N–H and O–H groups in total. The zero-order valence-electron chi connectivity index (χ0n) is 10.7. The molecule has 0 bridgehead atoms. The van der Waals surface area contributed by atoms with Crippen molar-refractivity contribution >= 4 is 28.1 Å². The molecule has 0 radical (unpaired) electrons. The van der Waals surface area contributed by atoms with Crippen LogP contribution in [0, 0.1) is 18.5 Å². The van der Waals surface area contributed by atoms with Gasteiger partial charge in [-0.25, -0.2) is 4.98 Å². The van der Waals surface area contributed by atoms with Gasteiger partial charge in [0.2, 0.25) is 0 Å². The summed E-state index contributed by atoms with van der Waals surface area (Å²) in [5.74, 6) is 0.836. The molecule has 0 saturated heterocycles. The van der Waals surface area contributed by atoms with Crippen LogP contribution in [-0.4, -0.2) is 9.97 Å². The van der Waals surface area contributed by atoms with Crippen LogP contribution in [0.5, 0.6) is 0 Å². The van der Waals surface area contributed by atoms with E-state index in [1.165, 1.54) is 5.56 Å². The summed E-state index contributed by atoms with van der Waals surface area (Å²) in [4.78, 5) is 7.83. The Hall–Kier alpha value is -1.00. The fraction of sp³-hybridized carbons (Fsp3) is 0.286. The lowest BCUT2D eigenvalue weighted by atomic mass is 10.1. The van der Waals surface area contributed by atoms with Gasteiger partial charge >= 0.3 is 0 Å². The van der Waals surface area contributed by atoms with Crippen LogP contribution in [0.2, 0.25) is 0 Å². The first-order valence-electron chi connectivity index (χ1n) is 5.89. The van der Waals surface area contributed by atoms with Crippen LogP contribution in [0.15, 0.2) is 22.7 Å². The van der Waals surface area contributed by atoms with Crippen molar-refractivity contribution in [2.24, 2.45) is 0 Å². The normalized spacial score (nSPS) is 10.7. The predicted molar refractivity (Wildman–Crippen MR) is 81.4 cm³/mol. The van der Waals surface area contributed by atoms with E-state index in [0.717, 1.165) is 33.5 Å². The zero-order valence-corrected chi connectivity index (χ0v) is 13.1. The predicted octanol–water partition coefficient (Wildman–Crippen LogP) is 4.75. The fourth-order valence-electron chi connectivity index (χ4n) is 1.81. The van der Waals surface area contributed by atoms with Crippen molar-refractivity contribution in [2.45, 2.75) is 27.2 Å². The van der Waals surface area contributed by atoms with E-state index in [0.29, 0.717) is 4.64 Å². The first-order valence-corrected chi connectivity index (χ1v) is 7.09. The summed E-state index contributed by atoms with van der Waals surface area (Å²) in [7, 11) is 0. The second-order valence-corrected chi connectivity index (χ2v) is 5.55. The van der Waals surface area contributed by atoms with Crippen molar-refractivity contribution in [2.75, 3.05) is 0 Å². The van der Waals surface area contributed by atoms with Gasteiger partial charge in [-0.1, -0.05) is 47.2 Å². The average molecular weight is 323 g/mol. The van der Waals surface area contributed by atoms with E-state index in [2.05, 4.69) is 57.9 Å². The number of benzene rings is 1. The number of nitrogens with zero attached hydrogens (tertiary/aromatic N) is 1. The lowest BCUT2D eigenvalue weighted by Gasteiger charge is -2.09. The van der Waals surface area contributed by atoms with Crippen molar-refractivity contribution in [1.82, 2.24) is 9.97 Å². The van der Waals surface area contributed by atoms with Crippen molar-refractivity contribution in [1.29, 1.82) is 0 Å². The molecule has 4 heteroatoms. The molecule has 0 amide bonds. The molecular formula is C14H15BrN2S. The molecule has 0 aliphatic rings. The van der Waals surface area contributed by atoms with Crippen LogP contribution in [0.25, 0.3) is 11.4 Å². The van der Waals surface area contributed by atoms with Crippen LogP contribution in [0.1, 0.15) is 23.7 Å². The minimum absolute atomic E-state index is 0.678. The van der Waals surface area contributed by atoms with Gasteiger partial charge in [0.15, 0.2) is 0 Å². The molecule has 1 aromatic carbocycles. The number of aryl methyl sites for hydroxylation is 2. The zero-order chi connectivity index (χ0) is 13.3. The first-order chi connectivity index (χ1) is 8.52. The number of H-pyrrole nitrogens is 1. The number of hydrogen-bond acceptors (Lipinski definition) is 2. The molecule has 2 rings (SSSR count). The highest BCUT2D eigenvalue weighted by molar-refractivity contribution is 9.10. The third-order valence-electron chi connectivity index (χ3n) is 3.05. The molecule has 2 nitrogen and oxygen atoms in total. The second kappa shape index (κ2) is 5.33. The van der Waals surface area contributed by atoms with Gasteiger partial charge in [-0.05, 0) is 31.9 Å². The monoisotopic (exact) mass is 322 g/mol. The topological polar surface area (TPSA) is 28.7 Å². The molecule has 0 spiro atoms. The highest BCUT2D eigenvalue weighted by Crippen LogP contribution is 2.24. The van der Waals surface area contributed by atoms with Gasteiger partial charge in [-0.3, -0.25) is 0 Å². The molecule has 0 unspecified atom stereocenters. The lowest BCUT2D eigenvalue weighted by molar-refractivity contribution is 0.969. The molecular weight excluding hydrogens is 308 g/mol. The summed E-state index contributed by atoms with van der Waals surface area (Å²) < 4.78 is 1.76. The summed E-state index contributed by atoms with van der Waals surface area (Å²) in [6, 6.07) is 6.20.